The van der Waals surface area contributed by atoms with Crippen molar-refractivity contribution in [3.05, 3.63) is 75.9 Å². The highest BCUT2D eigenvalue weighted by Crippen LogP contribution is 2.58. The highest BCUT2D eigenvalue weighted by molar-refractivity contribution is 5.83. The fraction of sp³-hybridized carbons (Fsp3) is 0.486. The van der Waals surface area contributed by atoms with Gasteiger partial charge in [-0.1, -0.05) is 45.9 Å². The minimum absolute atomic E-state index is 0.0322. The molecular formula is C35H50O12. The van der Waals surface area contributed by atoms with E-state index in [9.17, 15) is 28.8 Å². The molecule has 0 aromatic rings. The second-order valence-corrected chi connectivity index (χ2v) is 9.70. The molecule has 262 valence electrons. The first-order chi connectivity index (χ1) is 22.5. The third-order valence-corrected chi connectivity index (χ3v) is 6.90. The molecule has 4 unspecified atom stereocenters. The summed E-state index contributed by atoms with van der Waals surface area (Å²) in [5, 5.41) is 0. The zero-order valence-electron chi connectivity index (χ0n) is 27.7. The average molecular weight is 663 g/mol. The lowest BCUT2D eigenvalue weighted by atomic mass is 9.82. The number of carbonyl (C=O) groups excluding carboxylic acids is 6. The lowest BCUT2D eigenvalue weighted by molar-refractivity contribution is -0.160. The predicted molar refractivity (Wildman–Crippen MR) is 175 cm³/mol. The molecule has 0 aromatic carbocycles. The van der Waals surface area contributed by atoms with E-state index in [1.165, 1.54) is 23.7 Å². The van der Waals surface area contributed by atoms with Gasteiger partial charge in [0.2, 0.25) is 6.79 Å². The standard InChI is InChI=1S/C10H16.C8H10O4.C7H8O4.2C5H8O2/c1-2-9-7-4-5-8(6-7)10(9)3-1;1-3-7(9)11-5-6-12-8(10)4-2;1-3-6(8)10-5-11-7(9)4-2;2*1-3-5(6)7-4-2/h7-10H,1-6H2;3-4H,1-2,5-6H2;3-4H,1-2,5H2;2*3H,1,4H2,2H3. The van der Waals surface area contributed by atoms with Crippen LogP contribution in [0.25, 0.3) is 0 Å². The number of esters is 6. The summed E-state index contributed by atoms with van der Waals surface area (Å²) in [6.07, 6.45) is 15.8. The molecule has 0 heterocycles. The van der Waals surface area contributed by atoms with Crippen molar-refractivity contribution >= 4 is 35.8 Å². The molecule has 0 saturated heterocycles. The zero-order valence-corrected chi connectivity index (χ0v) is 27.7. The summed E-state index contributed by atoms with van der Waals surface area (Å²) in [6.45, 7) is 23.1. The molecule has 0 amide bonds. The number of hydrogen-bond acceptors (Lipinski definition) is 12. The smallest absolute Gasteiger partial charge is 0.333 e. The Labute approximate surface area is 278 Å². The van der Waals surface area contributed by atoms with E-state index in [4.69, 9.17) is 0 Å². The van der Waals surface area contributed by atoms with Crippen molar-refractivity contribution in [1.29, 1.82) is 0 Å². The largest absolute Gasteiger partial charge is 0.463 e. The summed E-state index contributed by atoms with van der Waals surface area (Å²) in [4.78, 5) is 61.6. The summed E-state index contributed by atoms with van der Waals surface area (Å²) in [7, 11) is 0. The van der Waals surface area contributed by atoms with Crippen molar-refractivity contribution in [1.82, 2.24) is 0 Å². The topological polar surface area (TPSA) is 158 Å². The molecule has 0 aliphatic heterocycles. The maximum absolute atomic E-state index is 10.4. The van der Waals surface area contributed by atoms with E-state index < -0.39 is 30.7 Å². The summed E-state index contributed by atoms with van der Waals surface area (Å²) in [6, 6.07) is 0. The van der Waals surface area contributed by atoms with Crippen molar-refractivity contribution in [2.75, 3.05) is 33.2 Å². The van der Waals surface area contributed by atoms with Crippen LogP contribution < -0.4 is 0 Å². The van der Waals surface area contributed by atoms with Gasteiger partial charge in [0, 0.05) is 36.5 Å². The van der Waals surface area contributed by atoms with Crippen molar-refractivity contribution in [3.63, 3.8) is 0 Å². The molecule has 12 nitrogen and oxygen atoms in total. The van der Waals surface area contributed by atoms with Crippen molar-refractivity contribution in [3.8, 4) is 0 Å². The zero-order chi connectivity index (χ0) is 36.0. The Balaban J connectivity index is 0. The molecule has 2 bridgehead atoms. The molecule has 3 rings (SSSR count). The van der Waals surface area contributed by atoms with Crippen molar-refractivity contribution in [2.24, 2.45) is 23.7 Å². The van der Waals surface area contributed by atoms with E-state index in [1.807, 2.05) is 0 Å². The minimum Gasteiger partial charge on any atom is -0.463 e. The van der Waals surface area contributed by atoms with Gasteiger partial charge in [-0.3, -0.25) is 0 Å². The third-order valence-electron chi connectivity index (χ3n) is 6.90. The second-order valence-electron chi connectivity index (χ2n) is 9.70. The number of hydrogen-bond donors (Lipinski definition) is 0. The summed E-state index contributed by atoms with van der Waals surface area (Å²) < 4.78 is 26.5. The number of carbonyl (C=O) groups is 6. The van der Waals surface area contributed by atoms with Gasteiger partial charge in [-0.15, -0.1) is 0 Å². The lowest BCUT2D eigenvalue weighted by Gasteiger charge is -2.23. The number of fused-ring (bicyclic) bond motifs is 5. The van der Waals surface area contributed by atoms with E-state index in [2.05, 4.69) is 67.9 Å². The molecule has 0 spiro atoms. The molecule has 3 fully saturated rings. The van der Waals surface area contributed by atoms with Crippen LogP contribution in [-0.2, 0) is 57.2 Å². The fourth-order valence-corrected chi connectivity index (χ4v) is 5.09. The van der Waals surface area contributed by atoms with Gasteiger partial charge in [-0.25, -0.2) is 28.8 Å². The van der Waals surface area contributed by atoms with Gasteiger partial charge in [0.15, 0.2) is 0 Å². The van der Waals surface area contributed by atoms with Crippen LogP contribution in [0.4, 0.5) is 0 Å². The Morgan fingerprint density at radius 1 is 0.489 bits per heavy atom. The van der Waals surface area contributed by atoms with Gasteiger partial charge in [0.25, 0.3) is 0 Å². The van der Waals surface area contributed by atoms with Crippen molar-refractivity contribution in [2.45, 2.75) is 52.4 Å². The molecule has 3 aliphatic carbocycles. The normalized spacial score (nSPS) is 18.5. The van der Waals surface area contributed by atoms with Crippen LogP contribution in [0.2, 0.25) is 0 Å². The van der Waals surface area contributed by atoms with Crippen LogP contribution in [0.15, 0.2) is 75.9 Å². The highest BCUT2D eigenvalue weighted by atomic mass is 16.7. The summed E-state index contributed by atoms with van der Waals surface area (Å²) in [5.74, 6) is 1.73. The Morgan fingerprint density at radius 3 is 1.06 bits per heavy atom. The highest BCUT2D eigenvalue weighted by Gasteiger charge is 2.48. The Bertz CT molecular complexity index is 981. The first-order valence-corrected chi connectivity index (χ1v) is 15.2. The van der Waals surface area contributed by atoms with Crippen LogP contribution in [-0.4, -0.2) is 69.0 Å². The fourth-order valence-electron chi connectivity index (χ4n) is 5.09. The van der Waals surface area contributed by atoms with Crippen LogP contribution in [0.5, 0.6) is 0 Å². The molecule has 47 heavy (non-hydrogen) atoms. The van der Waals surface area contributed by atoms with Crippen LogP contribution in [0, 0.1) is 23.7 Å². The van der Waals surface area contributed by atoms with Crippen LogP contribution in [0.3, 0.4) is 0 Å². The Kier molecular flexibility index (Phi) is 27.1. The van der Waals surface area contributed by atoms with E-state index in [0.29, 0.717) is 13.2 Å². The molecule has 4 atom stereocenters. The predicted octanol–water partition coefficient (Wildman–Crippen LogP) is 5.15. The molecule has 0 radical (unpaired) electrons. The molecule has 0 aromatic heterocycles. The van der Waals surface area contributed by atoms with Crippen LogP contribution >= 0.6 is 0 Å². The first-order valence-electron chi connectivity index (χ1n) is 15.2. The van der Waals surface area contributed by atoms with Gasteiger partial charge in [0.1, 0.15) is 13.2 Å². The van der Waals surface area contributed by atoms with E-state index in [0.717, 1.165) is 36.5 Å². The van der Waals surface area contributed by atoms with Crippen molar-refractivity contribution < 1.29 is 57.2 Å². The molecule has 3 saturated carbocycles. The van der Waals surface area contributed by atoms with Crippen LogP contribution in [0.1, 0.15) is 52.4 Å². The minimum atomic E-state index is -0.637. The molecule has 12 heteroatoms. The maximum Gasteiger partial charge on any atom is 0.333 e. The average Bonchev–Trinajstić information content (AvgIpc) is 3.84. The van der Waals surface area contributed by atoms with E-state index in [-0.39, 0.29) is 25.2 Å². The van der Waals surface area contributed by atoms with Gasteiger partial charge < -0.3 is 28.4 Å². The van der Waals surface area contributed by atoms with Gasteiger partial charge in [0.05, 0.1) is 13.2 Å². The Hall–Kier alpha value is -4.74. The van der Waals surface area contributed by atoms with Gasteiger partial charge in [-0.2, -0.15) is 0 Å². The first kappa shape index (κ1) is 44.4. The lowest BCUT2D eigenvalue weighted by Crippen LogP contribution is -2.15. The summed E-state index contributed by atoms with van der Waals surface area (Å²) >= 11 is 0. The molecule has 3 aliphatic rings. The van der Waals surface area contributed by atoms with Gasteiger partial charge in [-0.05, 0) is 69.6 Å². The monoisotopic (exact) mass is 662 g/mol. The van der Waals surface area contributed by atoms with Gasteiger partial charge >= 0.3 is 35.8 Å². The second kappa shape index (κ2) is 28.7. The van der Waals surface area contributed by atoms with E-state index >= 15 is 0 Å². The summed E-state index contributed by atoms with van der Waals surface area (Å²) in [5.41, 5.74) is 0. The number of ether oxygens (including phenoxy) is 6. The maximum atomic E-state index is 10.4. The SMILES string of the molecule is C1CC2C3CCC(C3)C2C1.C=CC(=O)OCC.C=CC(=O)OCC.C=CC(=O)OCCOC(=O)C=C.C=CC(=O)OCOC(=O)C=C. The van der Waals surface area contributed by atoms with E-state index in [1.54, 1.807) is 52.4 Å². The quantitative estimate of drug-likeness (QED) is 0.0841. The third kappa shape index (κ3) is 22.4. The Morgan fingerprint density at radius 2 is 0.787 bits per heavy atom. The molecule has 0 N–H and O–H groups in total. The number of rotatable bonds is 13. The molecular weight excluding hydrogens is 612 g/mol.